The third-order valence-electron chi connectivity index (χ3n) is 4.83. The summed E-state index contributed by atoms with van der Waals surface area (Å²) in [6.07, 6.45) is 2.61. The molecular formula is C17H19Cl2N3O2S. The summed E-state index contributed by atoms with van der Waals surface area (Å²) in [6.45, 7) is 3.05. The third-order valence-corrected chi connectivity index (χ3v) is 6.63. The fraction of sp³-hybridized carbons (Fsp3) is 0.529. The normalized spacial score (nSPS) is 21.8. The highest BCUT2D eigenvalue weighted by Gasteiger charge is 2.28. The van der Waals surface area contributed by atoms with Crippen molar-refractivity contribution in [2.24, 2.45) is 5.92 Å². The Morgan fingerprint density at radius 2 is 2.00 bits per heavy atom. The topological polar surface area (TPSA) is 54.5 Å². The minimum Gasteiger partial charge on any atom is -0.379 e. The summed E-state index contributed by atoms with van der Waals surface area (Å²) >= 11 is 13.8. The molecule has 1 amide bonds. The molecule has 2 aromatic rings. The minimum absolute atomic E-state index is 0.0788. The van der Waals surface area contributed by atoms with Gasteiger partial charge in [0.05, 0.1) is 32.9 Å². The maximum absolute atomic E-state index is 12.4. The van der Waals surface area contributed by atoms with E-state index in [4.69, 9.17) is 27.9 Å². The molecule has 2 aliphatic rings. The lowest BCUT2D eigenvalue weighted by Crippen LogP contribution is -2.44. The Kier molecular flexibility index (Phi) is 5.04. The van der Waals surface area contributed by atoms with Crippen LogP contribution in [0.25, 0.3) is 10.2 Å². The quantitative estimate of drug-likeness (QED) is 0.853. The van der Waals surface area contributed by atoms with E-state index in [1.54, 1.807) is 11.3 Å². The first-order valence-corrected chi connectivity index (χ1v) is 10.1. The Hall–Kier alpha value is -1.08. The predicted octanol–water partition coefficient (Wildman–Crippen LogP) is 3.72. The van der Waals surface area contributed by atoms with Crippen LogP contribution < -0.4 is 10.2 Å². The number of fused-ring (bicyclic) bond motifs is 1. The number of nitrogens with one attached hydrogen (secondary N) is 1. The summed E-state index contributed by atoms with van der Waals surface area (Å²) < 4.78 is 6.35. The van der Waals surface area contributed by atoms with Gasteiger partial charge in [0.15, 0.2) is 5.13 Å². The van der Waals surface area contributed by atoms with Gasteiger partial charge in [-0.3, -0.25) is 4.79 Å². The molecule has 4 rings (SSSR count). The van der Waals surface area contributed by atoms with Gasteiger partial charge in [-0.2, -0.15) is 0 Å². The summed E-state index contributed by atoms with van der Waals surface area (Å²) in [5.41, 5.74) is 0.871. The Morgan fingerprint density at radius 1 is 1.24 bits per heavy atom. The van der Waals surface area contributed by atoms with Crippen LogP contribution in [-0.2, 0) is 9.53 Å². The average Bonchev–Trinajstić information content (AvgIpc) is 3.25. The van der Waals surface area contributed by atoms with E-state index in [9.17, 15) is 4.79 Å². The Balaban J connectivity index is 1.39. The number of thiazole rings is 1. The molecule has 25 heavy (non-hydrogen) atoms. The van der Waals surface area contributed by atoms with Crippen molar-refractivity contribution in [2.45, 2.75) is 25.3 Å². The molecule has 1 aromatic heterocycles. The van der Waals surface area contributed by atoms with Gasteiger partial charge in [-0.1, -0.05) is 34.5 Å². The number of piperidine rings is 1. The number of halogens is 2. The van der Waals surface area contributed by atoms with Crippen molar-refractivity contribution in [1.29, 1.82) is 0 Å². The maximum Gasteiger partial charge on any atom is 0.223 e. The first-order valence-electron chi connectivity index (χ1n) is 8.49. The van der Waals surface area contributed by atoms with Gasteiger partial charge in [-0.25, -0.2) is 4.98 Å². The summed E-state index contributed by atoms with van der Waals surface area (Å²) in [6, 6.07) is 3.86. The molecule has 8 heteroatoms. The van der Waals surface area contributed by atoms with Crippen LogP contribution in [-0.4, -0.2) is 43.2 Å². The summed E-state index contributed by atoms with van der Waals surface area (Å²) in [4.78, 5) is 19.3. The van der Waals surface area contributed by atoms with Crippen molar-refractivity contribution >= 4 is 55.8 Å². The minimum atomic E-state index is 0.0788. The van der Waals surface area contributed by atoms with Crippen LogP contribution in [0.5, 0.6) is 0 Å². The van der Waals surface area contributed by atoms with Gasteiger partial charge in [0.1, 0.15) is 0 Å². The number of anilines is 1. The largest absolute Gasteiger partial charge is 0.379 e. The van der Waals surface area contributed by atoms with E-state index in [0.29, 0.717) is 16.7 Å². The molecule has 2 saturated heterocycles. The molecule has 2 fully saturated rings. The standard InChI is InChI=1S/C17H19Cl2N3O2S/c18-12-7-14-15(8-13(12)19)25-17(21-14)22-4-1-10(2-5-22)16(23)20-11-3-6-24-9-11/h7-8,10-11H,1-6,9H2,(H,20,23)/t11-/m1/s1. The molecule has 0 spiro atoms. The Labute approximate surface area is 160 Å². The molecule has 1 atom stereocenters. The number of amides is 1. The van der Waals surface area contributed by atoms with Crippen LogP contribution in [0.2, 0.25) is 10.0 Å². The molecule has 0 unspecified atom stereocenters. The molecule has 5 nitrogen and oxygen atoms in total. The van der Waals surface area contributed by atoms with E-state index in [0.717, 1.165) is 54.3 Å². The summed E-state index contributed by atoms with van der Waals surface area (Å²) in [7, 11) is 0. The predicted molar refractivity (Wildman–Crippen MR) is 102 cm³/mol. The van der Waals surface area contributed by atoms with E-state index in [-0.39, 0.29) is 17.9 Å². The van der Waals surface area contributed by atoms with Crippen molar-refractivity contribution in [1.82, 2.24) is 10.3 Å². The number of ether oxygens (including phenoxy) is 1. The first kappa shape index (κ1) is 17.3. The zero-order chi connectivity index (χ0) is 17.4. The highest BCUT2D eigenvalue weighted by molar-refractivity contribution is 7.22. The second-order valence-electron chi connectivity index (χ2n) is 6.56. The number of rotatable bonds is 3. The second-order valence-corrected chi connectivity index (χ2v) is 8.38. The SMILES string of the molecule is O=C(N[C@@H]1CCOC1)C1CCN(c2nc3cc(Cl)c(Cl)cc3s2)CC1. The third kappa shape index (κ3) is 3.72. The number of carbonyl (C=O) groups is 1. The van der Waals surface area contributed by atoms with Crippen molar-refractivity contribution in [3.63, 3.8) is 0 Å². The molecule has 0 bridgehead atoms. The lowest BCUT2D eigenvalue weighted by molar-refractivity contribution is -0.126. The molecule has 3 heterocycles. The average molecular weight is 400 g/mol. The van der Waals surface area contributed by atoms with Crippen molar-refractivity contribution in [2.75, 3.05) is 31.2 Å². The van der Waals surface area contributed by atoms with Crippen LogP contribution in [0.4, 0.5) is 5.13 Å². The van der Waals surface area contributed by atoms with E-state index in [2.05, 4.69) is 15.2 Å². The Bertz CT molecular complexity index is 745. The molecule has 1 aromatic carbocycles. The van der Waals surface area contributed by atoms with E-state index in [1.807, 2.05) is 12.1 Å². The fourth-order valence-electron chi connectivity index (χ4n) is 3.35. The number of carbonyl (C=O) groups excluding carboxylic acids is 1. The second kappa shape index (κ2) is 7.27. The molecule has 1 N–H and O–H groups in total. The maximum atomic E-state index is 12.4. The smallest absolute Gasteiger partial charge is 0.223 e. The number of nitrogens with zero attached hydrogens (tertiary/aromatic N) is 2. The number of hydrogen-bond donors (Lipinski definition) is 1. The first-order chi connectivity index (χ1) is 12.1. The zero-order valence-corrected chi connectivity index (χ0v) is 16.0. The van der Waals surface area contributed by atoms with Gasteiger partial charge in [0.2, 0.25) is 5.91 Å². The molecule has 2 aliphatic heterocycles. The molecule has 0 radical (unpaired) electrons. The Morgan fingerprint density at radius 3 is 2.72 bits per heavy atom. The van der Waals surface area contributed by atoms with Gasteiger partial charge in [-0.15, -0.1) is 0 Å². The number of aromatic nitrogens is 1. The van der Waals surface area contributed by atoms with Crippen LogP contribution in [0.1, 0.15) is 19.3 Å². The van der Waals surface area contributed by atoms with Crippen molar-refractivity contribution in [3.05, 3.63) is 22.2 Å². The van der Waals surface area contributed by atoms with Gasteiger partial charge in [0.25, 0.3) is 0 Å². The summed E-state index contributed by atoms with van der Waals surface area (Å²) in [5.74, 6) is 0.244. The fourth-order valence-corrected chi connectivity index (χ4v) is 4.77. The van der Waals surface area contributed by atoms with Gasteiger partial charge in [-0.05, 0) is 31.4 Å². The molecule has 0 aliphatic carbocycles. The van der Waals surface area contributed by atoms with Crippen LogP contribution in [0, 0.1) is 5.92 Å². The van der Waals surface area contributed by atoms with Gasteiger partial charge >= 0.3 is 0 Å². The highest BCUT2D eigenvalue weighted by Crippen LogP contribution is 2.35. The molecular weight excluding hydrogens is 381 g/mol. The van der Waals surface area contributed by atoms with E-state index in [1.165, 1.54) is 0 Å². The van der Waals surface area contributed by atoms with Crippen LogP contribution >= 0.6 is 34.5 Å². The lowest BCUT2D eigenvalue weighted by Gasteiger charge is -2.31. The number of benzene rings is 1. The molecule has 0 saturated carbocycles. The van der Waals surface area contributed by atoms with E-state index >= 15 is 0 Å². The molecule has 134 valence electrons. The van der Waals surface area contributed by atoms with Gasteiger partial charge < -0.3 is 15.0 Å². The number of hydrogen-bond acceptors (Lipinski definition) is 5. The zero-order valence-electron chi connectivity index (χ0n) is 13.6. The van der Waals surface area contributed by atoms with Crippen LogP contribution in [0.3, 0.4) is 0 Å². The van der Waals surface area contributed by atoms with Crippen molar-refractivity contribution in [3.8, 4) is 0 Å². The lowest BCUT2D eigenvalue weighted by atomic mass is 9.96. The highest BCUT2D eigenvalue weighted by atomic mass is 35.5. The van der Waals surface area contributed by atoms with Gasteiger partial charge in [0, 0.05) is 25.6 Å². The van der Waals surface area contributed by atoms with Crippen LogP contribution in [0.15, 0.2) is 12.1 Å². The summed E-state index contributed by atoms with van der Waals surface area (Å²) in [5, 5.41) is 5.16. The monoisotopic (exact) mass is 399 g/mol. The van der Waals surface area contributed by atoms with E-state index < -0.39 is 0 Å². The van der Waals surface area contributed by atoms with Crippen molar-refractivity contribution < 1.29 is 9.53 Å².